The fourth-order valence-electron chi connectivity index (χ4n) is 3.58. The molecular formula is C21H25N5O. The molecule has 6 nitrogen and oxygen atoms in total. The topological polar surface area (TPSA) is 75.6 Å². The lowest BCUT2D eigenvalue weighted by atomic mass is 9.98. The highest BCUT2D eigenvalue weighted by Crippen LogP contribution is 2.20. The second-order valence-corrected chi connectivity index (χ2v) is 7.22. The van der Waals surface area contributed by atoms with Crippen LogP contribution in [0.5, 0.6) is 0 Å². The van der Waals surface area contributed by atoms with E-state index in [0.29, 0.717) is 18.9 Å². The van der Waals surface area contributed by atoms with Crippen LogP contribution in [0, 0.1) is 6.92 Å². The van der Waals surface area contributed by atoms with Crippen LogP contribution in [0.1, 0.15) is 40.9 Å². The fraction of sp³-hybridized carbons (Fsp3) is 0.381. The highest BCUT2D eigenvalue weighted by molar-refractivity contribution is 5.29. The monoisotopic (exact) mass is 363 g/mol. The van der Waals surface area contributed by atoms with Crippen molar-refractivity contribution >= 4 is 5.95 Å². The zero-order valence-electron chi connectivity index (χ0n) is 15.7. The number of H-pyrrole nitrogens is 1. The molecule has 0 saturated carbocycles. The summed E-state index contributed by atoms with van der Waals surface area (Å²) in [5, 5.41) is 7.74. The molecule has 1 aliphatic carbocycles. The molecule has 2 N–H and O–H groups in total. The van der Waals surface area contributed by atoms with Crippen LogP contribution in [0.25, 0.3) is 0 Å². The summed E-state index contributed by atoms with van der Waals surface area (Å²) in [7, 11) is 0. The molecule has 6 heteroatoms. The number of nitrogens with zero attached hydrogens (tertiary/aromatic N) is 3. The number of aromatic nitrogens is 4. The first-order valence-electron chi connectivity index (χ1n) is 9.60. The molecule has 27 heavy (non-hydrogen) atoms. The molecule has 0 amide bonds. The molecule has 0 atom stereocenters. The number of nitrogens with one attached hydrogen (secondary N) is 2. The van der Waals surface area contributed by atoms with Crippen molar-refractivity contribution in [1.29, 1.82) is 0 Å². The van der Waals surface area contributed by atoms with Crippen LogP contribution in [-0.2, 0) is 32.4 Å². The molecule has 0 bridgehead atoms. The van der Waals surface area contributed by atoms with Crippen molar-refractivity contribution in [2.75, 3.05) is 5.32 Å². The number of aryl methyl sites for hydroxylation is 4. The van der Waals surface area contributed by atoms with E-state index >= 15 is 0 Å². The van der Waals surface area contributed by atoms with E-state index in [1.165, 1.54) is 29.7 Å². The molecule has 2 aromatic heterocycles. The van der Waals surface area contributed by atoms with Crippen molar-refractivity contribution in [3.63, 3.8) is 0 Å². The molecule has 0 unspecified atom stereocenters. The molecule has 0 saturated heterocycles. The summed E-state index contributed by atoms with van der Waals surface area (Å²) in [5.41, 5.74) is 5.76. The van der Waals surface area contributed by atoms with Gasteiger partial charge < -0.3 is 5.32 Å². The smallest absolute Gasteiger partial charge is 0.252 e. The first-order chi connectivity index (χ1) is 13.2. The zero-order chi connectivity index (χ0) is 18.6. The lowest BCUT2D eigenvalue weighted by molar-refractivity contribution is 0.553. The summed E-state index contributed by atoms with van der Waals surface area (Å²) in [6, 6.07) is 9.88. The third-order valence-electron chi connectivity index (χ3n) is 5.10. The fourth-order valence-corrected chi connectivity index (χ4v) is 3.58. The van der Waals surface area contributed by atoms with Crippen LogP contribution in [-0.4, -0.2) is 19.7 Å². The first-order valence-corrected chi connectivity index (χ1v) is 9.60. The minimum absolute atomic E-state index is 0.131. The van der Waals surface area contributed by atoms with E-state index in [9.17, 15) is 4.79 Å². The summed E-state index contributed by atoms with van der Waals surface area (Å²) in [6.45, 7) is 3.44. The maximum absolute atomic E-state index is 12.0. The average Bonchev–Trinajstić information content (AvgIpc) is 3.09. The van der Waals surface area contributed by atoms with Gasteiger partial charge in [0.25, 0.3) is 5.56 Å². The number of benzene rings is 1. The zero-order valence-corrected chi connectivity index (χ0v) is 15.7. The average molecular weight is 363 g/mol. The Hall–Kier alpha value is -2.89. The quantitative estimate of drug-likeness (QED) is 0.706. The van der Waals surface area contributed by atoms with Gasteiger partial charge >= 0.3 is 0 Å². The lowest BCUT2D eigenvalue weighted by Crippen LogP contribution is -2.16. The second-order valence-electron chi connectivity index (χ2n) is 7.22. The van der Waals surface area contributed by atoms with Crippen molar-refractivity contribution in [1.82, 2.24) is 19.7 Å². The molecule has 1 aromatic carbocycles. The van der Waals surface area contributed by atoms with Crippen LogP contribution < -0.4 is 10.9 Å². The standard InChI is InChI=1S/C21H25N5O/c1-15-6-8-16(9-7-15)13-22-21-24-18(12-20(27)25-21)10-11-26-19-5-3-2-4-17(19)14-23-26/h6-9,12,14H,2-5,10-11,13H2,1H3,(H2,22,24,25,27). The van der Waals surface area contributed by atoms with Crippen LogP contribution in [0.4, 0.5) is 5.95 Å². The third-order valence-corrected chi connectivity index (χ3v) is 5.10. The number of aromatic amines is 1. The van der Waals surface area contributed by atoms with E-state index in [1.807, 2.05) is 6.20 Å². The molecule has 140 valence electrons. The van der Waals surface area contributed by atoms with E-state index < -0.39 is 0 Å². The third kappa shape index (κ3) is 4.27. The SMILES string of the molecule is Cc1ccc(CNc2nc(CCn3ncc4c3CCCC4)cc(=O)[nH]2)cc1. The summed E-state index contributed by atoms with van der Waals surface area (Å²) in [6.07, 6.45) is 7.40. The van der Waals surface area contributed by atoms with Gasteiger partial charge in [0.15, 0.2) is 0 Å². The summed E-state index contributed by atoms with van der Waals surface area (Å²) >= 11 is 0. The summed E-state index contributed by atoms with van der Waals surface area (Å²) < 4.78 is 2.08. The molecule has 4 rings (SSSR count). The number of hydrogen-bond acceptors (Lipinski definition) is 4. The Morgan fingerprint density at radius 3 is 2.85 bits per heavy atom. The van der Waals surface area contributed by atoms with Crippen molar-refractivity contribution < 1.29 is 0 Å². The normalized spacial score (nSPS) is 13.4. The van der Waals surface area contributed by atoms with Gasteiger partial charge in [-0.05, 0) is 43.7 Å². The summed E-state index contributed by atoms with van der Waals surface area (Å²) in [5.74, 6) is 0.514. The lowest BCUT2D eigenvalue weighted by Gasteiger charge is -2.14. The molecule has 0 radical (unpaired) electrons. The van der Waals surface area contributed by atoms with E-state index in [0.717, 1.165) is 30.6 Å². The minimum atomic E-state index is -0.131. The van der Waals surface area contributed by atoms with Crippen molar-refractivity contribution in [3.05, 3.63) is 75.0 Å². The molecule has 0 aliphatic heterocycles. The Kier molecular flexibility index (Phi) is 5.05. The van der Waals surface area contributed by atoms with E-state index in [1.54, 1.807) is 6.07 Å². The maximum atomic E-state index is 12.0. The van der Waals surface area contributed by atoms with Gasteiger partial charge in [-0.15, -0.1) is 0 Å². The Morgan fingerprint density at radius 1 is 1.19 bits per heavy atom. The Bertz CT molecular complexity index is 971. The summed E-state index contributed by atoms with van der Waals surface area (Å²) in [4.78, 5) is 19.3. The van der Waals surface area contributed by atoms with E-state index in [4.69, 9.17) is 0 Å². The Labute approximate surface area is 158 Å². The molecule has 0 spiro atoms. The second kappa shape index (κ2) is 7.78. The molecule has 3 aromatic rings. The Balaban J connectivity index is 1.42. The van der Waals surface area contributed by atoms with Gasteiger partial charge in [-0.2, -0.15) is 5.10 Å². The molecular weight excluding hydrogens is 338 g/mol. The predicted octanol–water partition coefficient (Wildman–Crippen LogP) is 3.01. The van der Waals surface area contributed by atoms with Gasteiger partial charge in [0, 0.05) is 31.3 Å². The number of rotatable bonds is 6. The van der Waals surface area contributed by atoms with Gasteiger partial charge in [0.05, 0.1) is 11.9 Å². The van der Waals surface area contributed by atoms with Crippen LogP contribution in [0.3, 0.4) is 0 Å². The molecule has 2 heterocycles. The van der Waals surface area contributed by atoms with Crippen molar-refractivity contribution in [3.8, 4) is 0 Å². The van der Waals surface area contributed by atoms with Gasteiger partial charge in [-0.1, -0.05) is 29.8 Å². The van der Waals surface area contributed by atoms with Gasteiger partial charge in [0.2, 0.25) is 5.95 Å². The molecule has 1 aliphatic rings. The van der Waals surface area contributed by atoms with Crippen molar-refractivity contribution in [2.45, 2.75) is 52.1 Å². The van der Waals surface area contributed by atoms with Gasteiger partial charge in [-0.25, -0.2) is 4.98 Å². The minimum Gasteiger partial charge on any atom is -0.352 e. The first kappa shape index (κ1) is 17.5. The Morgan fingerprint density at radius 2 is 2.00 bits per heavy atom. The van der Waals surface area contributed by atoms with Crippen molar-refractivity contribution in [2.24, 2.45) is 0 Å². The van der Waals surface area contributed by atoms with E-state index in [2.05, 4.69) is 56.3 Å². The van der Waals surface area contributed by atoms with E-state index in [-0.39, 0.29) is 5.56 Å². The largest absolute Gasteiger partial charge is 0.352 e. The number of fused-ring (bicyclic) bond motifs is 1. The van der Waals surface area contributed by atoms with Gasteiger partial charge in [0.1, 0.15) is 0 Å². The van der Waals surface area contributed by atoms with Crippen LogP contribution >= 0.6 is 0 Å². The highest BCUT2D eigenvalue weighted by atomic mass is 16.1. The highest BCUT2D eigenvalue weighted by Gasteiger charge is 2.15. The van der Waals surface area contributed by atoms with Crippen LogP contribution in [0.15, 0.2) is 41.3 Å². The number of anilines is 1. The maximum Gasteiger partial charge on any atom is 0.252 e. The van der Waals surface area contributed by atoms with Crippen LogP contribution in [0.2, 0.25) is 0 Å². The van der Waals surface area contributed by atoms with Gasteiger partial charge in [-0.3, -0.25) is 14.5 Å². The predicted molar refractivity (Wildman–Crippen MR) is 106 cm³/mol. The molecule has 0 fully saturated rings. The number of hydrogen-bond donors (Lipinski definition) is 2.